The number of hydrogen-bond acceptors (Lipinski definition) is 4. The summed E-state index contributed by atoms with van der Waals surface area (Å²) < 4.78 is 10.3. The number of pyridine rings is 1. The third-order valence-electron chi connectivity index (χ3n) is 5.12. The third kappa shape index (κ3) is 3.42. The number of aromatic nitrogens is 1. The first kappa shape index (κ1) is 16.8. The summed E-state index contributed by atoms with van der Waals surface area (Å²) in [5.74, 6) is 1.73. The van der Waals surface area contributed by atoms with E-state index < -0.39 is 0 Å². The zero-order chi connectivity index (χ0) is 16.1. The monoisotopic (exact) mass is 305 g/mol. The fourth-order valence-electron chi connectivity index (χ4n) is 3.86. The first-order valence-electron chi connectivity index (χ1n) is 8.19. The summed E-state index contributed by atoms with van der Waals surface area (Å²) in [5.41, 5.74) is 2.49. The molecule has 4 heteroatoms. The van der Waals surface area contributed by atoms with E-state index in [1.807, 2.05) is 6.20 Å². The lowest BCUT2D eigenvalue weighted by Crippen LogP contribution is -2.28. The molecule has 22 heavy (non-hydrogen) atoms. The summed E-state index contributed by atoms with van der Waals surface area (Å²) >= 11 is 0. The van der Waals surface area contributed by atoms with Crippen LogP contribution in [0.5, 0.6) is 5.88 Å². The molecule has 4 nitrogen and oxygen atoms in total. The summed E-state index contributed by atoms with van der Waals surface area (Å²) in [6.45, 7) is 4.15. The van der Waals surface area contributed by atoms with Crippen LogP contribution in [0.2, 0.25) is 0 Å². The van der Waals surface area contributed by atoms with Crippen LogP contribution in [0.25, 0.3) is 0 Å². The number of nitrogens with zero attached hydrogens (tertiary/aromatic N) is 1. The van der Waals surface area contributed by atoms with Gasteiger partial charge in [-0.15, -0.1) is 0 Å². The van der Waals surface area contributed by atoms with Crippen LogP contribution in [0.3, 0.4) is 0 Å². The van der Waals surface area contributed by atoms with Crippen LogP contribution in [0, 0.1) is 18.8 Å². The predicted molar refractivity (Wildman–Crippen MR) is 86.0 cm³/mol. The van der Waals surface area contributed by atoms with Gasteiger partial charge in [-0.25, -0.2) is 4.98 Å². The quantitative estimate of drug-likeness (QED) is 0.775. The van der Waals surface area contributed by atoms with Gasteiger partial charge in [-0.3, -0.25) is 4.79 Å². The molecule has 0 spiro atoms. The molecule has 1 aromatic rings. The Morgan fingerprint density at radius 2 is 2.00 bits per heavy atom. The van der Waals surface area contributed by atoms with E-state index in [0.717, 1.165) is 43.5 Å². The normalized spacial score (nSPS) is 22.9. The van der Waals surface area contributed by atoms with Gasteiger partial charge in [-0.1, -0.05) is 6.92 Å². The number of carbonyl (C=O) groups is 1. The molecule has 1 heterocycles. The smallest absolute Gasteiger partial charge is 0.308 e. The molecule has 1 aromatic heterocycles. The molecule has 0 saturated heterocycles. The van der Waals surface area contributed by atoms with Crippen molar-refractivity contribution in [3.05, 3.63) is 23.4 Å². The molecule has 1 saturated carbocycles. The van der Waals surface area contributed by atoms with Crippen LogP contribution in [-0.4, -0.2) is 25.2 Å². The van der Waals surface area contributed by atoms with Crippen LogP contribution in [-0.2, 0) is 9.53 Å². The van der Waals surface area contributed by atoms with Gasteiger partial charge in [-0.2, -0.15) is 0 Å². The summed E-state index contributed by atoms with van der Waals surface area (Å²) in [4.78, 5) is 16.1. The lowest BCUT2D eigenvalue weighted by Gasteiger charge is -2.33. The molecule has 1 unspecified atom stereocenters. The van der Waals surface area contributed by atoms with Gasteiger partial charge in [0.1, 0.15) is 0 Å². The highest BCUT2D eigenvalue weighted by Crippen LogP contribution is 2.41. The second-order valence-electron chi connectivity index (χ2n) is 6.18. The highest BCUT2D eigenvalue weighted by Gasteiger charge is 2.32. The minimum atomic E-state index is -0.0484. The Labute approximate surface area is 133 Å². The van der Waals surface area contributed by atoms with Gasteiger partial charge in [0.2, 0.25) is 5.88 Å². The number of esters is 1. The Kier molecular flexibility index (Phi) is 5.81. The number of hydrogen-bond donors (Lipinski definition) is 0. The zero-order valence-electron chi connectivity index (χ0n) is 14.1. The molecule has 0 radical (unpaired) electrons. The molecule has 0 bridgehead atoms. The lowest BCUT2D eigenvalue weighted by molar-refractivity contribution is -0.148. The highest BCUT2D eigenvalue weighted by molar-refractivity contribution is 5.72. The Bertz CT molecular complexity index is 507. The summed E-state index contributed by atoms with van der Waals surface area (Å²) in [6.07, 6.45) is 7.10. The summed E-state index contributed by atoms with van der Waals surface area (Å²) in [5, 5.41) is 0. The molecule has 0 N–H and O–H groups in total. The number of methoxy groups -OCH3 is 2. The zero-order valence-corrected chi connectivity index (χ0v) is 14.1. The average Bonchev–Trinajstić information content (AvgIpc) is 2.56. The van der Waals surface area contributed by atoms with Crippen molar-refractivity contribution in [1.82, 2.24) is 4.98 Å². The largest absolute Gasteiger partial charge is 0.481 e. The van der Waals surface area contributed by atoms with E-state index in [2.05, 4.69) is 24.9 Å². The molecular formula is C18H27NO3. The topological polar surface area (TPSA) is 48.4 Å². The van der Waals surface area contributed by atoms with Gasteiger partial charge < -0.3 is 9.47 Å². The van der Waals surface area contributed by atoms with Crippen molar-refractivity contribution in [2.75, 3.05) is 14.2 Å². The predicted octanol–water partition coefficient (Wildman–Crippen LogP) is 3.87. The third-order valence-corrected chi connectivity index (χ3v) is 5.12. The second kappa shape index (κ2) is 7.61. The van der Waals surface area contributed by atoms with E-state index in [-0.39, 0.29) is 11.9 Å². The molecule has 1 aliphatic rings. The van der Waals surface area contributed by atoms with E-state index in [1.165, 1.54) is 12.7 Å². The summed E-state index contributed by atoms with van der Waals surface area (Å²) in [7, 11) is 3.15. The average molecular weight is 305 g/mol. The number of ether oxygens (including phenoxy) is 2. The van der Waals surface area contributed by atoms with Crippen molar-refractivity contribution in [3.8, 4) is 5.88 Å². The summed E-state index contributed by atoms with van der Waals surface area (Å²) in [6, 6.07) is 2.11. The van der Waals surface area contributed by atoms with Crippen molar-refractivity contribution in [2.24, 2.45) is 11.8 Å². The van der Waals surface area contributed by atoms with E-state index in [0.29, 0.717) is 11.8 Å². The minimum absolute atomic E-state index is 0.0484. The maximum absolute atomic E-state index is 11.9. The van der Waals surface area contributed by atoms with Gasteiger partial charge in [0.25, 0.3) is 0 Å². The molecule has 0 aliphatic heterocycles. The van der Waals surface area contributed by atoms with Crippen molar-refractivity contribution in [1.29, 1.82) is 0 Å². The van der Waals surface area contributed by atoms with Gasteiger partial charge in [0.05, 0.1) is 20.1 Å². The maximum atomic E-state index is 11.9. The lowest BCUT2D eigenvalue weighted by atomic mass is 9.72. The molecule has 1 atom stereocenters. The highest BCUT2D eigenvalue weighted by atomic mass is 16.5. The molecule has 2 rings (SSSR count). The number of rotatable bonds is 5. The first-order valence-corrected chi connectivity index (χ1v) is 8.19. The van der Waals surface area contributed by atoms with Crippen LogP contribution < -0.4 is 4.74 Å². The van der Waals surface area contributed by atoms with Gasteiger partial charge >= 0.3 is 5.97 Å². The van der Waals surface area contributed by atoms with Crippen molar-refractivity contribution in [2.45, 2.75) is 51.9 Å². The Balaban J connectivity index is 2.05. The maximum Gasteiger partial charge on any atom is 0.308 e. The Morgan fingerprint density at radius 1 is 1.32 bits per heavy atom. The molecular weight excluding hydrogens is 278 g/mol. The van der Waals surface area contributed by atoms with E-state index >= 15 is 0 Å². The van der Waals surface area contributed by atoms with Crippen molar-refractivity contribution >= 4 is 5.97 Å². The molecule has 0 amide bonds. The SMILES string of the molecule is CCC(C(=O)OC)[C@H]1CC[C@@H](c2ccnc(OC)c2C)CC1. The first-order chi connectivity index (χ1) is 10.6. The molecule has 122 valence electrons. The second-order valence-corrected chi connectivity index (χ2v) is 6.18. The standard InChI is InChI=1S/C18H27NO3/c1-5-15(18(20)22-4)13-6-8-14(9-7-13)16-10-11-19-17(21-3)12(16)2/h10-11,13-15H,5-9H2,1-4H3/t13-,14+,15?. The number of carbonyl (C=O) groups excluding carboxylic acids is 1. The van der Waals surface area contributed by atoms with Crippen molar-refractivity contribution in [3.63, 3.8) is 0 Å². The molecule has 1 fully saturated rings. The van der Waals surface area contributed by atoms with Crippen LogP contribution in [0.4, 0.5) is 0 Å². The van der Waals surface area contributed by atoms with Gasteiger partial charge in [0.15, 0.2) is 0 Å². The van der Waals surface area contributed by atoms with Crippen LogP contribution in [0.15, 0.2) is 12.3 Å². The molecule has 1 aliphatic carbocycles. The van der Waals surface area contributed by atoms with E-state index in [4.69, 9.17) is 9.47 Å². The minimum Gasteiger partial charge on any atom is -0.481 e. The van der Waals surface area contributed by atoms with Crippen molar-refractivity contribution < 1.29 is 14.3 Å². The fourth-order valence-corrected chi connectivity index (χ4v) is 3.86. The Morgan fingerprint density at radius 3 is 2.55 bits per heavy atom. The van der Waals surface area contributed by atoms with E-state index in [9.17, 15) is 4.79 Å². The fraction of sp³-hybridized carbons (Fsp3) is 0.667. The van der Waals surface area contributed by atoms with E-state index in [1.54, 1.807) is 7.11 Å². The van der Waals surface area contributed by atoms with Gasteiger partial charge in [-0.05, 0) is 62.5 Å². The van der Waals surface area contributed by atoms with Crippen LogP contribution in [0.1, 0.15) is 56.1 Å². The van der Waals surface area contributed by atoms with Crippen LogP contribution >= 0.6 is 0 Å². The van der Waals surface area contributed by atoms with Gasteiger partial charge in [0, 0.05) is 11.8 Å². The Hall–Kier alpha value is -1.58. The molecule has 0 aromatic carbocycles.